The van der Waals surface area contributed by atoms with Crippen molar-refractivity contribution < 1.29 is 23.8 Å². The summed E-state index contributed by atoms with van der Waals surface area (Å²) in [6, 6.07) is 14.2. The van der Waals surface area contributed by atoms with Crippen molar-refractivity contribution >= 4 is 23.0 Å². The first-order valence-electron chi connectivity index (χ1n) is 8.11. The predicted molar refractivity (Wildman–Crippen MR) is 101 cm³/mol. The van der Waals surface area contributed by atoms with Crippen LogP contribution in [-0.2, 0) is 0 Å². The fraction of sp³-hybridized carbons (Fsp3) is 0. The van der Waals surface area contributed by atoms with Crippen LogP contribution in [0.4, 0.5) is 21.5 Å². The number of ether oxygens (including phenoxy) is 1. The van der Waals surface area contributed by atoms with E-state index in [2.05, 4.69) is 5.32 Å². The van der Waals surface area contributed by atoms with Crippen molar-refractivity contribution in [3.8, 4) is 11.5 Å². The van der Waals surface area contributed by atoms with Gasteiger partial charge in [0.1, 0.15) is 11.6 Å². The van der Waals surface area contributed by atoms with Crippen LogP contribution in [0, 0.1) is 26.0 Å². The molecule has 0 radical (unpaired) electrons. The third-order valence-electron chi connectivity index (χ3n) is 3.75. The molecular weight excluding hydrogens is 385 g/mol. The number of nitro groups is 2. The van der Waals surface area contributed by atoms with Crippen LogP contribution in [0.1, 0.15) is 10.4 Å². The number of benzene rings is 3. The molecule has 0 unspecified atom stereocenters. The summed E-state index contributed by atoms with van der Waals surface area (Å²) >= 11 is 0. The Bertz CT molecular complexity index is 1090. The molecule has 0 bridgehead atoms. The molecule has 1 N–H and O–H groups in total. The van der Waals surface area contributed by atoms with Gasteiger partial charge in [-0.05, 0) is 24.3 Å². The van der Waals surface area contributed by atoms with E-state index in [9.17, 15) is 29.4 Å². The maximum absolute atomic E-state index is 13.3. The molecule has 0 aromatic heterocycles. The molecular formula is C19H12FN3O6. The standard InChI is InChI=1S/C19H12FN3O6/c20-13-4-3-5-16(10-13)29-18-7-2-1-6-17(18)21-19(24)12-8-14(22(25)26)11-15(9-12)23(27)28/h1-11H,(H,21,24). The second-order valence-corrected chi connectivity index (χ2v) is 5.76. The van der Waals surface area contributed by atoms with Gasteiger partial charge in [0.05, 0.1) is 27.2 Å². The van der Waals surface area contributed by atoms with Gasteiger partial charge in [-0.25, -0.2) is 4.39 Å². The lowest BCUT2D eigenvalue weighted by Gasteiger charge is -2.12. The summed E-state index contributed by atoms with van der Waals surface area (Å²) in [7, 11) is 0. The summed E-state index contributed by atoms with van der Waals surface area (Å²) in [5.74, 6) is -0.941. The molecule has 29 heavy (non-hydrogen) atoms. The monoisotopic (exact) mass is 397 g/mol. The minimum Gasteiger partial charge on any atom is -0.455 e. The Kier molecular flexibility index (Phi) is 5.44. The maximum Gasteiger partial charge on any atom is 0.277 e. The highest BCUT2D eigenvalue weighted by Crippen LogP contribution is 2.30. The van der Waals surface area contributed by atoms with Gasteiger partial charge in [0, 0.05) is 18.2 Å². The number of hydrogen-bond donors (Lipinski definition) is 1. The second-order valence-electron chi connectivity index (χ2n) is 5.76. The van der Waals surface area contributed by atoms with Crippen LogP contribution < -0.4 is 10.1 Å². The number of nitro benzene ring substituents is 2. The first-order valence-corrected chi connectivity index (χ1v) is 8.11. The third kappa shape index (κ3) is 4.69. The normalized spacial score (nSPS) is 10.2. The van der Waals surface area contributed by atoms with Crippen molar-refractivity contribution in [1.29, 1.82) is 0 Å². The Morgan fingerprint density at radius 1 is 0.897 bits per heavy atom. The smallest absolute Gasteiger partial charge is 0.277 e. The van der Waals surface area contributed by atoms with Crippen LogP contribution >= 0.6 is 0 Å². The zero-order valence-corrected chi connectivity index (χ0v) is 14.6. The number of rotatable bonds is 6. The van der Waals surface area contributed by atoms with E-state index in [1.54, 1.807) is 12.1 Å². The van der Waals surface area contributed by atoms with Crippen LogP contribution in [0.25, 0.3) is 0 Å². The lowest BCUT2D eigenvalue weighted by Crippen LogP contribution is -2.13. The number of anilines is 1. The van der Waals surface area contributed by atoms with Crippen molar-refractivity contribution in [1.82, 2.24) is 0 Å². The first kappa shape index (κ1) is 19.4. The largest absolute Gasteiger partial charge is 0.455 e. The zero-order chi connectivity index (χ0) is 21.0. The van der Waals surface area contributed by atoms with Crippen LogP contribution in [-0.4, -0.2) is 15.8 Å². The second kappa shape index (κ2) is 8.13. The number of non-ortho nitro benzene ring substituents is 2. The molecule has 0 fully saturated rings. The van der Waals surface area contributed by atoms with Gasteiger partial charge in [0.25, 0.3) is 17.3 Å². The van der Waals surface area contributed by atoms with Crippen LogP contribution in [0.3, 0.4) is 0 Å². The van der Waals surface area contributed by atoms with Crippen LogP contribution in [0.15, 0.2) is 66.7 Å². The Morgan fingerprint density at radius 2 is 1.55 bits per heavy atom. The van der Waals surface area contributed by atoms with E-state index < -0.39 is 32.9 Å². The van der Waals surface area contributed by atoms with E-state index in [1.807, 2.05) is 0 Å². The van der Waals surface area contributed by atoms with E-state index in [4.69, 9.17) is 4.74 Å². The zero-order valence-electron chi connectivity index (χ0n) is 14.6. The molecule has 9 nitrogen and oxygen atoms in total. The molecule has 0 heterocycles. The number of para-hydroxylation sites is 2. The third-order valence-corrected chi connectivity index (χ3v) is 3.75. The molecule has 146 valence electrons. The molecule has 0 atom stereocenters. The highest BCUT2D eigenvalue weighted by Gasteiger charge is 2.20. The number of halogens is 1. The molecule has 3 aromatic rings. The molecule has 0 saturated heterocycles. The summed E-state index contributed by atoms with van der Waals surface area (Å²) < 4.78 is 18.9. The van der Waals surface area contributed by atoms with Crippen molar-refractivity contribution in [2.45, 2.75) is 0 Å². The van der Waals surface area contributed by atoms with Gasteiger partial charge in [0.15, 0.2) is 5.75 Å². The van der Waals surface area contributed by atoms with E-state index in [1.165, 1.54) is 30.3 Å². The van der Waals surface area contributed by atoms with Crippen LogP contribution in [0.2, 0.25) is 0 Å². The molecule has 0 saturated carbocycles. The quantitative estimate of drug-likeness (QED) is 0.475. The minimum absolute atomic E-state index is 0.186. The Morgan fingerprint density at radius 3 is 2.17 bits per heavy atom. The fourth-order valence-corrected chi connectivity index (χ4v) is 2.45. The summed E-state index contributed by atoms with van der Waals surface area (Å²) in [6.45, 7) is 0. The van der Waals surface area contributed by atoms with Gasteiger partial charge < -0.3 is 10.1 Å². The molecule has 0 aliphatic rings. The van der Waals surface area contributed by atoms with Gasteiger partial charge in [0.2, 0.25) is 0 Å². The van der Waals surface area contributed by atoms with Gasteiger partial charge >= 0.3 is 0 Å². The Labute approximate surface area is 162 Å². The number of nitrogens with zero attached hydrogens (tertiary/aromatic N) is 2. The predicted octanol–water partition coefficient (Wildman–Crippen LogP) is 4.69. The number of carbonyl (C=O) groups is 1. The highest BCUT2D eigenvalue weighted by molar-refractivity contribution is 6.05. The Balaban J connectivity index is 1.90. The molecule has 3 rings (SSSR count). The Hall–Kier alpha value is -4.34. The lowest BCUT2D eigenvalue weighted by atomic mass is 10.1. The molecule has 1 amide bonds. The molecule has 0 spiro atoms. The van der Waals surface area contributed by atoms with E-state index >= 15 is 0 Å². The summed E-state index contributed by atoms with van der Waals surface area (Å²) in [4.78, 5) is 32.9. The van der Waals surface area contributed by atoms with Gasteiger partial charge in [-0.3, -0.25) is 25.0 Å². The SMILES string of the molecule is O=C(Nc1ccccc1Oc1cccc(F)c1)c1cc([N+](=O)[O-])cc([N+](=O)[O-])c1. The minimum atomic E-state index is -0.829. The number of amides is 1. The maximum atomic E-state index is 13.3. The van der Waals surface area contributed by atoms with E-state index in [-0.39, 0.29) is 22.7 Å². The van der Waals surface area contributed by atoms with Crippen LogP contribution in [0.5, 0.6) is 11.5 Å². The summed E-state index contributed by atoms with van der Waals surface area (Å²) in [6.07, 6.45) is 0. The number of carbonyl (C=O) groups excluding carboxylic acids is 1. The number of hydrogen-bond acceptors (Lipinski definition) is 6. The van der Waals surface area contributed by atoms with E-state index in [0.29, 0.717) is 0 Å². The van der Waals surface area contributed by atoms with Gasteiger partial charge in [-0.2, -0.15) is 0 Å². The average Bonchev–Trinajstić information content (AvgIpc) is 2.69. The first-order chi connectivity index (χ1) is 13.8. The fourth-order valence-electron chi connectivity index (χ4n) is 2.45. The van der Waals surface area contributed by atoms with Gasteiger partial charge in [-0.1, -0.05) is 18.2 Å². The van der Waals surface area contributed by atoms with Crippen molar-refractivity contribution in [2.24, 2.45) is 0 Å². The number of nitrogens with one attached hydrogen (secondary N) is 1. The summed E-state index contributed by atoms with van der Waals surface area (Å²) in [5.41, 5.74) is -1.26. The lowest BCUT2D eigenvalue weighted by molar-refractivity contribution is -0.394. The molecule has 10 heteroatoms. The van der Waals surface area contributed by atoms with Crippen molar-refractivity contribution in [3.05, 3.63) is 98.3 Å². The van der Waals surface area contributed by atoms with Crippen molar-refractivity contribution in [3.63, 3.8) is 0 Å². The van der Waals surface area contributed by atoms with Gasteiger partial charge in [-0.15, -0.1) is 0 Å². The topological polar surface area (TPSA) is 125 Å². The van der Waals surface area contributed by atoms with E-state index in [0.717, 1.165) is 24.3 Å². The summed E-state index contributed by atoms with van der Waals surface area (Å²) in [5, 5.41) is 24.5. The highest BCUT2D eigenvalue weighted by atomic mass is 19.1. The van der Waals surface area contributed by atoms with Crippen molar-refractivity contribution in [2.75, 3.05) is 5.32 Å². The molecule has 0 aliphatic heterocycles. The molecule has 0 aliphatic carbocycles. The molecule has 3 aromatic carbocycles. The average molecular weight is 397 g/mol.